The summed E-state index contributed by atoms with van der Waals surface area (Å²) in [6, 6.07) is 21.9. The molecule has 1 saturated heterocycles. The highest BCUT2D eigenvalue weighted by Gasteiger charge is 2.22. The molecule has 0 saturated carbocycles. The van der Waals surface area contributed by atoms with E-state index in [-0.39, 0.29) is 18.2 Å². The molecule has 1 aliphatic rings. The number of benzene rings is 2. The molecule has 208 valence electrons. The minimum atomic E-state index is -0.291. The zero-order valence-electron chi connectivity index (χ0n) is 22.6. The van der Waals surface area contributed by atoms with E-state index in [0.717, 1.165) is 22.4 Å². The van der Waals surface area contributed by atoms with Crippen molar-refractivity contribution in [2.75, 3.05) is 48.3 Å². The van der Waals surface area contributed by atoms with Crippen LogP contribution >= 0.6 is 0 Å². The van der Waals surface area contributed by atoms with E-state index in [0.29, 0.717) is 54.8 Å². The number of nitrogen functional groups attached to an aromatic ring is 1. The second-order valence-electron chi connectivity index (χ2n) is 9.60. The van der Waals surface area contributed by atoms with E-state index in [1.807, 2.05) is 48.5 Å². The average molecular weight is 558 g/mol. The van der Waals surface area contributed by atoms with Crippen LogP contribution in [0.1, 0.15) is 16.3 Å². The molecule has 42 heavy (non-hydrogen) atoms. The Labute approximate surface area is 242 Å². The van der Waals surface area contributed by atoms with Gasteiger partial charge in [0.05, 0.1) is 23.4 Å². The Morgan fingerprint density at radius 3 is 2.57 bits per heavy atom. The Bertz CT molecular complexity index is 1820. The van der Waals surface area contributed by atoms with Gasteiger partial charge in [-0.15, -0.1) is 10.2 Å². The van der Waals surface area contributed by atoms with Crippen molar-refractivity contribution < 1.29 is 9.90 Å². The molecule has 0 atom stereocenters. The minimum absolute atomic E-state index is 0.138. The van der Waals surface area contributed by atoms with Crippen LogP contribution in [0.2, 0.25) is 0 Å². The van der Waals surface area contributed by atoms with Gasteiger partial charge in [0.25, 0.3) is 5.91 Å². The summed E-state index contributed by atoms with van der Waals surface area (Å²) in [6.07, 6.45) is 1.68. The first-order chi connectivity index (χ1) is 20.5. The van der Waals surface area contributed by atoms with Gasteiger partial charge in [-0.05, 0) is 42.3 Å². The van der Waals surface area contributed by atoms with Crippen molar-refractivity contribution >= 4 is 34.1 Å². The van der Waals surface area contributed by atoms with Crippen molar-refractivity contribution in [1.82, 2.24) is 30.5 Å². The smallest absolute Gasteiger partial charge is 0.270 e. The van der Waals surface area contributed by atoms with Crippen molar-refractivity contribution in [2.45, 2.75) is 0 Å². The van der Waals surface area contributed by atoms with E-state index in [1.165, 1.54) is 0 Å². The van der Waals surface area contributed by atoms with Gasteiger partial charge < -0.3 is 26.0 Å². The van der Waals surface area contributed by atoms with Crippen LogP contribution in [0, 0.1) is 11.8 Å². The number of fused-ring (bicyclic) bond motifs is 1. The Balaban J connectivity index is 1.06. The lowest BCUT2D eigenvalue weighted by molar-refractivity contribution is 0.0954. The van der Waals surface area contributed by atoms with Gasteiger partial charge in [-0.2, -0.15) is 0 Å². The number of hydrogen-bond acceptors (Lipinski definition) is 10. The highest BCUT2D eigenvalue weighted by Crippen LogP contribution is 2.31. The summed E-state index contributed by atoms with van der Waals surface area (Å²) in [4.78, 5) is 30.1. The van der Waals surface area contributed by atoms with Crippen molar-refractivity contribution in [2.24, 2.45) is 0 Å². The molecule has 3 aromatic heterocycles. The number of nitrogens with one attached hydrogen (secondary N) is 1. The molecular weight excluding hydrogens is 530 g/mol. The van der Waals surface area contributed by atoms with Gasteiger partial charge >= 0.3 is 0 Å². The summed E-state index contributed by atoms with van der Waals surface area (Å²) in [7, 11) is 0. The van der Waals surface area contributed by atoms with Gasteiger partial charge in [0.1, 0.15) is 17.3 Å². The van der Waals surface area contributed by atoms with Gasteiger partial charge in [-0.1, -0.05) is 42.3 Å². The number of carbonyl (C=O) groups is 1. The number of para-hydroxylation sites is 2. The molecule has 11 nitrogen and oxygen atoms in total. The molecule has 2 aromatic carbocycles. The molecule has 1 amide bonds. The maximum absolute atomic E-state index is 12.5. The third kappa shape index (κ3) is 5.73. The van der Waals surface area contributed by atoms with E-state index >= 15 is 0 Å². The summed E-state index contributed by atoms with van der Waals surface area (Å²) in [6.45, 7) is 2.93. The van der Waals surface area contributed by atoms with E-state index in [1.54, 1.807) is 30.5 Å². The van der Waals surface area contributed by atoms with Crippen LogP contribution in [0.25, 0.3) is 22.2 Å². The largest absolute Gasteiger partial charge is 0.507 e. The number of carbonyl (C=O) groups excluding carboxylic acids is 1. The van der Waals surface area contributed by atoms with Crippen LogP contribution in [-0.2, 0) is 0 Å². The molecule has 0 unspecified atom stereocenters. The molecule has 4 heterocycles. The lowest BCUT2D eigenvalue weighted by Crippen LogP contribution is -2.47. The molecule has 1 fully saturated rings. The third-order valence-electron chi connectivity index (χ3n) is 6.94. The Kier molecular flexibility index (Phi) is 7.42. The monoisotopic (exact) mass is 557 g/mol. The van der Waals surface area contributed by atoms with Crippen LogP contribution in [0.4, 0.5) is 17.3 Å². The Morgan fingerprint density at radius 1 is 0.929 bits per heavy atom. The van der Waals surface area contributed by atoms with Crippen LogP contribution < -0.4 is 20.9 Å². The average Bonchev–Trinajstić information content (AvgIpc) is 3.03. The van der Waals surface area contributed by atoms with Gasteiger partial charge in [0.2, 0.25) is 5.82 Å². The number of phenolic OH excluding ortho intramolecular Hbond substituents is 1. The van der Waals surface area contributed by atoms with E-state index in [2.05, 4.69) is 52.1 Å². The zero-order valence-corrected chi connectivity index (χ0v) is 22.6. The zero-order chi connectivity index (χ0) is 28.9. The van der Waals surface area contributed by atoms with E-state index in [4.69, 9.17) is 5.73 Å². The number of anilines is 3. The second-order valence-corrected chi connectivity index (χ2v) is 9.60. The highest BCUT2D eigenvalue weighted by molar-refractivity contribution is 5.95. The summed E-state index contributed by atoms with van der Waals surface area (Å²) >= 11 is 0. The molecule has 0 radical (unpaired) electrons. The van der Waals surface area contributed by atoms with Gasteiger partial charge in [-0.3, -0.25) is 4.79 Å². The van der Waals surface area contributed by atoms with Crippen molar-refractivity contribution in [3.8, 4) is 28.8 Å². The second kappa shape index (κ2) is 11.8. The summed E-state index contributed by atoms with van der Waals surface area (Å²) in [5, 5.41) is 22.3. The number of pyridine rings is 1. The molecular formula is C31H27N9O2. The van der Waals surface area contributed by atoms with Crippen molar-refractivity contribution in [1.29, 1.82) is 0 Å². The van der Waals surface area contributed by atoms with Crippen molar-refractivity contribution in [3.63, 3.8) is 0 Å². The third-order valence-corrected chi connectivity index (χ3v) is 6.94. The highest BCUT2D eigenvalue weighted by atomic mass is 16.3. The number of aromatic nitrogens is 5. The molecule has 0 bridgehead atoms. The number of aromatic hydroxyl groups is 1. The lowest BCUT2D eigenvalue weighted by atomic mass is 10.1. The number of rotatable bonds is 5. The fourth-order valence-corrected chi connectivity index (χ4v) is 4.76. The number of nitrogens with two attached hydrogens (primary N) is 1. The number of piperazine rings is 1. The number of hydrogen-bond donors (Lipinski definition) is 3. The van der Waals surface area contributed by atoms with Gasteiger partial charge in [-0.25, -0.2) is 15.0 Å². The first kappa shape index (κ1) is 26.5. The predicted molar refractivity (Wildman–Crippen MR) is 161 cm³/mol. The van der Waals surface area contributed by atoms with Gasteiger partial charge in [0, 0.05) is 43.3 Å². The first-order valence-corrected chi connectivity index (χ1v) is 13.4. The molecule has 11 heteroatoms. The topological polar surface area (TPSA) is 146 Å². The molecule has 1 aliphatic heterocycles. The normalized spacial score (nSPS) is 13.0. The Hall–Kier alpha value is -5.76. The fraction of sp³-hybridized carbons (Fsp3) is 0.161. The fourth-order valence-electron chi connectivity index (χ4n) is 4.76. The molecule has 5 aromatic rings. The van der Waals surface area contributed by atoms with Crippen LogP contribution in [-0.4, -0.2) is 68.9 Å². The number of nitrogens with zero attached hydrogens (tertiary/aromatic N) is 7. The van der Waals surface area contributed by atoms with Gasteiger partial charge in [0.15, 0.2) is 5.82 Å². The summed E-state index contributed by atoms with van der Waals surface area (Å²) < 4.78 is 0. The standard InChI is InChI=1S/C31H27N9O2/c32-30-26(20-25(37-38-30)22-7-2-4-9-27(22)41)39-16-18-40(19-17-39)29-13-15-33-28(36-29)10-5-14-34-31(42)24-12-11-21-6-1-3-8-23(21)35-24/h1-4,6-9,11-13,15,20,41H,14,16-19H2,(H2,32,38)(H,34,42). The maximum atomic E-state index is 12.5. The van der Waals surface area contributed by atoms with E-state index in [9.17, 15) is 9.90 Å². The van der Waals surface area contributed by atoms with Crippen LogP contribution in [0.15, 0.2) is 79.0 Å². The number of phenols is 1. The minimum Gasteiger partial charge on any atom is -0.507 e. The van der Waals surface area contributed by atoms with Crippen molar-refractivity contribution in [3.05, 3.63) is 90.5 Å². The summed E-state index contributed by atoms with van der Waals surface area (Å²) in [5.74, 6) is 7.19. The molecule has 0 spiro atoms. The van der Waals surface area contributed by atoms with E-state index < -0.39 is 0 Å². The predicted octanol–water partition coefficient (Wildman–Crippen LogP) is 2.88. The quantitative estimate of drug-likeness (QED) is 0.276. The Morgan fingerprint density at radius 2 is 1.71 bits per heavy atom. The van der Waals surface area contributed by atoms with Crippen LogP contribution in [0.3, 0.4) is 0 Å². The molecule has 0 aliphatic carbocycles. The van der Waals surface area contributed by atoms with Crippen LogP contribution in [0.5, 0.6) is 5.75 Å². The maximum Gasteiger partial charge on any atom is 0.270 e. The molecule has 6 rings (SSSR count). The number of amides is 1. The lowest BCUT2D eigenvalue weighted by Gasteiger charge is -2.36. The SMILES string of the molecule is Nc1nnc(-c2ccccc2O)cc1N1CCN(c2ccnc(C#CCNC(=O)c3ccc4ccccc4n3)n2)CC1. The summed E-state index contributed by atoms with van der Waals surface area (Å²) in [5.41, 5.74) is 9.22. The molecule has 4 N–H and O–H groups in total. The first-order valence-electron chi connectivity index (χ1n) is 13.4.